The number of amides is 1. The summed E-state index contributed by atoms with van der Waals surface area (Å²) >= 11 is 0. The number of hydrogen-bond donors (Lipinski definition) is 2. The van der Waals surface area contributed by atoms with Gasteiger partial charge in [0.1, 0.15) is 6.17 Å². The molecule has 1 aromatic rings. The van der Waals surface area contributed by atoms with Crippen LogP contribution in [0.15, 0.2) is 24.3 Å². The van der Waals surface area contributed by atoms with Crippen molar-refractivity contribution in [1.29, 1.82) is 0 Å². The molecule has 2 rings (SSSR count). The van der Waals surface area contributed by atoms with Crippen LogP contribution in [0.4, 0.5) is 10.1 Å². The molecule has 1 aliphatic rings. The van der Waals surface area contributed by atoms with E-state index in [9.17, 15) is 14.0 Å². The average molecular weight is 294 g/mol. The fourth-order valence-electron chi connectivity index (χ4n) is 2.53. The lowest BCUT2D eigenvalue weighted by Gasteiger charge is -2.24. The molecule has 114 valence electrons. The van der Waals surface area contributed by atoms with Gasteiger partial charge in [-0.15, -0.1) is 0 Å². The number of likely N-dealkylation sites (tertiary alicyclic amines) is 1. The number of hydrogen-bond acceptors (Lipinski definition) is 3. The number of carbonyl (C=O) groups excluding carboxylic acids is 1. The Balaban J connectivity index is 1.95. The van der Waals surface area contributed by atoms with Crippen molar-refractivity contribution in [2.75, 3.05) is 18.4 Å². The quantitative estimate of drug-likeness (QED) is 0.873. The SMILES string of the molecule is CCC(=O)N1C[C@@H](F)C[C@H]1CNc1ccc(C(=O)O)cc1. The van der Waals surface area contributed by atoms with Gasteiger partial charge in [-0.1, -0.05) is 6.92 Å². The number of rotatable bonds is 5. The van der Waals surface area contributed by atoms with E-state index in [2.05, 4.69) is 5.32 Å². The maximum atomic E-state index is 13.5. The van der Waals surface area contributed by atoms with Gasteiger partial charge in [0.05, 0.1) is 18.2 Å². The first-order valence-corrected chi connectivity index (χ1v) is 7.02. The van der Waals surface area contributed by atoms with E-state index in [1.54, 1.807) is 24.0 Å². The standard InChI is InChI=1S/C15H19FN2O3/c1-2-14(19)18-9-11(16)7-13(18)8-17-12-5-3-10(4-6-12)15(20)21/h3-6,11,13,17H,2,7-9H2,1H3,(H,20,21)/t11-,13-/m0/s1. The Hall–Kier alpha value is -2.11. The van der Waals surface area contributed by atoms with E-state index >= 15 is 0 Å². The van der Waals surface area contributed by atoms with Crippen LogP contribution in [0.3, 0.4) is 0 Å². The number of carbonyl (C=O) groups is 2. The summed E-state index contributed by atoms with van der Waals surface area (Å²) in [6.07, 6.45) is -0.260. The Labute approximate surface area is 122 Å². The minimum Gasteiger partial charge on any atom is -0.478 e. The largest absolute Gasteiger partial charge is 0.478 e. The van der Waals surface area contributed by atoms with Gasteiger partial charge in [-0.25, -0.2) is 9.18 Å². The molecule has 0 aliphatic carbocycles. The lowest BCUT2D eigenvalue weighted by atomic mass is 10.1. The van der Waals surface area contributed by atoms with Crippen LogP contribution in [0, 0.1) is 0 Å². The van der Waals surface area contributed by atoms with E-state index in [1.807, 2.05) is 0 Å². The van der Waals surface area contributed by atoms with Gasteiger partial charge in [0.25, 0.3) is 0 Å². The molecule has 0 radical (unpaired) electrons. The predicted octanol–water partition coefficient (Wildman–Crippen LogP) is 2.15. The molecule has 0 unspecified atom stereocenters. The van der Waals surface area contributed by atoms with Crippen molar-refractivity contribution in [3.8, 4) is 0 Å². The first-order valence-electron chi connectivity index (χ1n) is 7.02. The number of nitrogens with one attached hydrogen (secondary N) is 1. The van der Waals surface area contributed by atoms with Crippen LogP contribution < -0.4 is 5.32 Å². The number of halogens is 1. The molecule has 1 amide bonds. The summed E-state index contributed by atoms with van der Waals surface area (Å²) in [4.78, 5) is 24.1. The molecule has 0 saturated carbocycles. The van der Waals surface area contributed by atoms with Crippen LogP contribution >= 0.6 is 0 Å². The van der Waals surface area contributed by atoms with Crippen LogP contribution in [-0.4, -0.2) is 47.2 Å². The second kappa shape index (κ2) is 6.56. The van der Waals surface area contributed by atoms with Crippen molar-refractivity contribution < 1.29 is 19.1 Å². The number of carboxylic acids is 1. The number of nitrogens with zero attached hydrogens (tertiary/aromatic N) is 1. The first-order chi connectivity index (χ1) is 10.0. The highest BCUT2D eigenvalue weighted by Gasteiger charge is 2.34. The molecule has 1 aromatic carbocycles. The first kappa shape index (κ1) is 15.3. The molecular formula is C15H19FN2O3. The lowest BCUT2D eigenvalue weighted by molar-refractivity contribution is -0.131. The lowest BCUT2D eigenvalue weighted by Crippen LogP contribution is -2.39. The Morgan fingerprint density at radius 3 is 2.62 bits per heavy atom. The highest BCUT2D eigenvalue weighted by Crippen LogP contribution is 2.22. The molecule has 0 aromatic heterocycles. The Bertz CT molecular complexity index is 518. The highest BCUT2D eigenvalue weighted by atomic mass is 19.1. The van der Waals surface area contributed by atoms with E-state index in [4.69, 9.17) is 5.11 Å². The summed E-state index contributed by atoms with van der Waals surface area (Å²) in [6, 6.07) is 6.18. The summed E-state index contributed by atoms with van der Waals surface area (Å²) < 4.78 is 13.5. The maximum absolute atomic E-state index is 13.5. The van der Waals surface area contributed by atoms with Gasteiger partial charge >= 0.3 is 5.97 Å². The van der Waals surface area contributed by atoms with Crippen LogP contribution in [0.25, 0.3) is 0 Å². The third kappa shape index (κ3) is 3.71. The van der Waals surface area contributed by atoms with Crippen LogP contribution in [0.5, 0.6) is 0 Å². The summed E-state index contributed by atoms with van der Waals surface area (Å²) in [7, 11) is 0. The van der Waals surface area contributed by atoms with Crippen molar-refractivity contribution >= 4 is 17.6 Å². The molecule has 21 heavy (non-hydrogen) atoms. The topological polar surface area (TPSA) is 69.6 Å². The van der Waals surface area contributed by atoms with Gasteiger partial charge < -0.3 is 15.3 Å². The maximum Gasteiger partial charge on any atom is 0.335 e. The van der Waals surface area contributed by atoms with Crippen LogP contribution in [-0.2, 0) is 4.79 Å². The highest BCUT2D eigenvalue weighted by molar-refractivity contribution is 5.88. The Morgan fingerprint density at radius 2 is 2.05 bits per heavy atom. The zero-order chi connectivity index (χ0) is 15.4. The minimum absolute atomic E-state index is 0.0387. The van der Waals surface area contributed by atoms with Crippen molar-refractivity contribution in [2.45, 2.75) is 32.0 Å². The Morgan fingerprint density at radius 1 is 1.38 bits per heavy atom. The monoisotopic (exact) mass is 294 g/mol. The number of anilines is 1. The van der Waals surface area contributed by atoms with Gasteiger partial charge in [0.2, 0.25) is 5.91 Å². The molecule has 1 fully saturated rings. The van der Waals surface area contributed by atoms with Crippen molar-refractivity contribution in [3.63, 3.8) is 0 Å². The van der Waals surface area contributed by atoms with E-state index in [1.165, 1.54) is 12.1 Å². The fourth-order valence-corrected chi connectivity index (χ4v) is 2.53. The zero-order valence-corrected chi connectivity index (χ0v) is 11.9. The number of benzene rings is 1. The van der Waals surface area contributed by atoms with E-state index in [-0.39, 0.29) is 24.1 Å². The van der Waals surface area contributed by atoms with Crippen molar-refractivity contribution in [3.05, 3.63) is 29.8 Å². The summed E-state index contributed by atoms with van der Waals surface area (Å²) in [6.45, 7) is 2.39. The third-order valence-corrected chi connectivity index (χ3v) is 3.66. The van der Waals surface area contributed by atoms with Gasteiger partial charge in [-0.2, -0.15) is 0 Å². The minimum atomic E-state index is -0.975. The van der Waals surface area contributed by atoms with E-state index in [0.29, 0.717) is 19.4 Å². The summed E-state index contributed by atoms with van der Waals surface area (Å²) in [5.74, 6) is -1.01. The average Bonchev–Trinajstić information content (AvgIpc) is 2.85. The van der Waals surface area contributed by atoms with Crippen LogP contribution in [0.2, 0.25) is 0 Å². The second-order valence-electron chi connectivity index (χ2n) is 5.15. The second-order valence-corrected chi connectivity index (χ2v) is 5.15. The molecule has 2 atom stereocenters. The molecule has 0 bridgehead atoms. The molecule has 1 saturated heterocycles. The van der Waals surface area contributed by atoms with E-state index in [0.717, 1.165) is 5.69 Å². The van der Waals surface area contributed by atoms with Gasteiger partial charge in [0, 0.05) is 25.1 Å². The molecule has 5 nitrogen and oxygen atoms in total. The number of aromatic carboxylic acids is 1. The van der Waals surface area contributed by atoms with Gasteiger partial charge in [0.15, 0.2) is 0 Å². The van der Waals surface area contributed by atoms with Gasteiger partial charge in [-0.3, -0.25) is 4.79 Å². The molecule has 1 heterocycles. The van der Waals surface area contributed by atoms with Crippen LogP contribution in [0.1, 0.15) is 30.1 Å². The fraction of sp³-hybridized carbons (Fsp3) is 0.467. The zero-order valence-electron chi connectivity index (χ0n) is 11.9. The summed E-state index contributed by atoms with van der Waals surface area (Å²) in [5.41, 5.74) is 0.972. The number of alkyl halides is 1. The molecule has 2 N–H and O–H groups in total. The normalized spacial score (nSPS) is 21.3. The molecule has 0 spiro atoms. The van der Waals surface area contributed by atoms with Gasteiger partial charge in [-0.05, 0) is 24.3 Å². The number of carboxylic acid groups (broad SMARTS) is 1. The Kier molecular flexibility index (Phi) is 4.77. The summed E-state index contributed by atoms with van der Waals surface area (Å²) in [5, 5.41) is 12.0. The van der Waals surface area contributed by atoms with E-state index < -0.39 is 12.1 Å². The molecular weight excluding hydrogens is 275 g/mol. The van der Waals surface area contributed by atoms with Crippen molar-refractivity contribution in [2.24, 2.45) is 0 Å². The third-order valence-electron chi connectivity index (χ3n) is 3.66. The van der Waals surface area contributed by atoms with Crippen molar-refractivity contribution in [1.82, 2.24) is 4.90 Å². The smallest absolute Gasteiger partial charge is 0.335 e. The predicted molar refractivity (Wildman–Crippen MR) is 77.2 cm³/mol. The molecule has 6 heteroatoms. The molecule has 1 aliphatic heterocycles.